The molecule has 0 aliphatic rings. The van der Waals surface area contributed by atoms with Crippen molar-refractivity contribution in [3.8, 4) is 0 Å². The topological polar surface area (TPSA) is 62.5 Å². The molecule has 0 spiro atoms. The summed E-state index contributed by atoms with van der Waals surface area (Å²) >= 11 is 0.938. The van der Waals surface area contributed by atoms with Crippen LogP contribution >= 0.6 is 35.3 Å². The maximum absolute atomic E-state index is 12.6. The number of aliphatic imine (C=N–C) groups is 1. The van der Waals surface area contributed by atoms with Gasteiger partial charge >= 0.3 is 6.18 Å². The second-order valence-electron chi connectivity index (χ2n) is 5.36. The van der Waals surface area contributed by atoms with Crippen molar-refractivity contribution in [1.29, 1.82) is 0 Å². The van der Waals surface area contributed by atoms with Crippen molar-refractivity contribution < 1.29 is 17.6 Å². The molecule has 26 heavy (non-hydrogen) atoms. The minimum absolute atomic E-state index is 0. The lowest BCUT2D eigenvalue weighted by Gasteiger charge is -2.12. The molecule has 10 heteroatoms. The Morgan fingerprint density at radius 2 is 2.15 bits per heavy atom. The van der Waals surface area contributed by atoms with Gasteiger partial charge in [-0.15, -0.1) is 35.3 Å². The van der Waals surface area contributed by atoms with E-state index in [2.05, 4.69) is 27.2 Å². The number of hydrogen-bond donors (Lipinski definition) is 2. The monoisotopic (exact) mass is 500 g/mol. The van der Waals surface area contributed by atoms with Crippen LogP contribution in [0.5, 0.6) is 0 Å². The molecule has 0 amide bonds. The molecule has 0 aliphatic carbocycles. The molecule has 0 fully saturated rings. The smallest absolute Gasteiger partial charge is 0.434 e. The summed E-state index contributed by atoms with van der Waals surface area (Å²) in [6, 6.07) is 3.68. The van der Waals surface area contributed by atoms with Gasteiger partial charge in [-0.05, 0) is 19.1 Å². The first-order chi connectivity index (χ1) is 11.8. The van der Waals surface area contributed by atoms with Crippen LogP contribution in [0.2, 0.25) is 0 Å². The van der Waals surface area contributed by atoms with Gasteiger partial charge in [0.15, 0.2) is 11.7 Å². The zero-order valence-electron chi connectivity index (χ0n) is 14.1. The Morgan fingerprint density at radius 3 is 2.73 bits per heavy atom. The number of rotatable bonds is 7. The van der Waals surface area contributed by atoms with Gasteiger partial charge < -0.3 is 15.1 Å². The highest BCUT2D eigenvalue weighted by Gasteiger charge is 2.33. The van der Waals surface area contributed by atoms with E-state index >= 15 is 0 Å². The van der Waals surface area contributed by atoms with Crippen molar-refractivity contribution in [2.24, 2.45) is 4.99 Å². The Morgan fingerprint density at radius 1 is 1.38 bits per heavy atom. The summed E-state index contributed by atoms with van der Waals surface area (Å²) in [5.41, 5.74) is 0.0269. The molecule has 0 saturated carbocycles. The first-order valence-electron chi connectivity index (χ1n) is 7.55. The molecular weight excluding hydrogens is 480 g/mol. The lowest BCUT2D eigenvalue weighted by atomic mass is 10.3. The van der Waals surface area contributed by atoms with Gasteiger partial charge in [0.05, 0.1) is 12.8 Å². The summed E-state index contributed by atoms with van der Waals surface area (Å²) in [5.74, 6) is 1.32. The van der Waals surface area contributed by atoms with E-state index in [-0.39, 0.29) is 30.5 Å². The van der Waals surface area contributed by atoms with Gasteiger partial charge in [0.1, 0.15) is 10.8 Å². The molecule has 2 rings (SSSR count). The molecule has 5 nitrogen and oxygen atoms in total. The van der Waals surface area contributed by atoms with Crippen LogP contribution in [0.3, 0.4) is 0 Å². The Labute approximate surface area is 170 Å². The third-order valence-electron chi connectivity index (χ3n) is 3.02. The SMILES string of the molecule is C=C(C)CNC(=NCc1nc(C(F)(F)F)cs1)NCCc1ccco1.I. The highest BCUT2D eigenvalue weighted by Crippen LogP contribution is 2.30. The molecule has 2 N–H and O–H groups in total. The van der Waals surface area contributed by atoms with Crippen LogP contribution in [0, 0.1) is 0 Å². The highest BCUT2D eigenvalue weighted by atomic mass is 127. The average Bonchev–Trinajstić information content (AvgIpc) is 3.20. The van der Waals surface area contributed by atoms with Crippen molar-refractivity contribution in [1.82, 2.24) is 15.6 Å². The predicted octanol–water partition coefficient (Wildman–Crippen LogP) is 4.23. The maximum Gasteiger partial charge on any atom is 0.434 e. The molecule has 2 heterocycles. The van der Waals surface area contributed by atoms with Crippen molar-refractivity contribution in [2.75, 3.05) is 13.1 Å². The Bertz CT molecular complexity index is 713. The number of aromatic nitrogens is 1. The number of thiazole rings is 1. The maximum atomic E-state index is 12.6. The predicted molar refractivity (Wildman–Crippen MR) is 107 cm³/mol. The van der Waals surface area contributed by atoms with Gasteiger partial charge in [-0.3, -0.25) is 0 Å². The van der Waals surface area contributed by atoms with Gasteiger partial charge in [0, 0.05) is 24.9 Å². The van der Waals surface area contributed by atoms with E-state index < -0.39 is 11.9 Å². The molecule has 2 aromatic heterocycles. The van der Waals surface area contributed by atoms with E-state index in [0.717, 1.165) is 28.1 Å². The van der Waals surface area contributed by atoms with Crippen molar-refractivity contribution in [3.05, 3.63) is 52.4 Å². The van der Waals surface area contributed by atoms with Gasteiger partial charge in [-0.2, -0.15) is 13.2 Å². The van der Waals surface area contributed by atoms with Crippen molar-refractivity contribution in [2.45, 2.75) is 26.1 Å². The number of nitrogens with zero attached hydrogens (tertiary/aromatic N) is 2. The van der Waals surface area contributed by atoms with Gasteiger partial charge in [-0.25, -0.2) is 9.98 Å². The second-order valence-corrected chi connectivity index (χ2v) is 6.30. The van der Waals surface area contributed by atoms with E-state index in [9.17, 15) is 13.2 Å². The average molecular weight is 500 g/mol. The fourth-order valence-electron chi connectivity index (χ4n) is 1.83. The molecule has 144 valence electrons. The van der Waals surface area contributed by atoms with Gasteiger partial charge in [0.25, 0.3) is 0 Å². The molecule has 0 unspecified atom stereocenters. The zero-order chi connectivity index (χ0) is 18.3. The Kier molecular flexibility index (Phi) is 9.13. The Hall–Kier alpha value is -1.56. The van der Waals surface area contributed by atoms with E-state index in [1.54, 1.807) is 6.26 Å². The standard InChI is InChI=1S/C16H19F3N4OS.HI/c1-11(2)8-21-15(20-6-5-12-4-3-7-24-12)22-9-14-23-13(10-25-14)16(17,18)19;/h3-4,7,10H,1,5-6,8-9H2,2H3,(H2,20,21,22);1H. The molecule has 0 aromatic carbocycles. The molecule has 0 atom stereocenters. The van der Waals surface area contributed by atoms with Gasteiger partial charge in [-0.1, -0.05) is 12.2 Å². The summed E-state index contributed by atoms with van der Waals surface area (Å²) in [4.78, 5) is 7.85. The molecule has 0 aliphatic heterocycles. The lowest BCUT2D eigenvalue weighted by molar-refractivity contribution is -0.140. The number of halogens is 4. The summed E-state index contributed by atoms with van der Waals surface area (Å²) in [6.45, 7) is 6.81. The zero-order valence-corrected chi connectivity index (χ0v) is 17.2. The van der Waals surface area contributed by atoms with Gasteiger partial charge in [0.2, 0.25) is 0 Å². The first kappa shape index (κ1) is 22.5. The summed E-state index contributed by atoms with van der Waals surface area (Å²) < 4.78 is 43.0. The van der Waals surface area contributed by atoms with E-state index in [0.29, 0.717) is 30.5 Å². The third kappa shape index (κ3) is 7.77. The number of alkyl halides is 3. The molecular formula is C16H20F3IN4OS. The van der Waals surface area contributed by atoms with Crippen LogP contribution < -0.4 is 10.6 Å². The van der Waals surface area contributed by atoms with E-state index in [4.69, 9.17) is 4.42 Å². The van der Waals surface area contributed by atoms with Crippen LogP contribution in [0.15, 0.2) is 45.3 Å². The van der Waals surface area contributed by atoms with E-state index in [1.807, 2.05) is 19.1 Å². The summed E-state index contributed by atoms with van der Waals surface area (Å²) in [6.07, 6.45) is -2.17. The number of furan rings is 1. The number of nitrogens with one attached hydrogen (secondary N) is 2. The van der Waals surface area contributed by atoms with Crippen molar-refractivity contribution in [3.63, 3.8) is 0 Å². The minimum atomic E-state index is -4.43. The Balaban J connectivity index is 0.00000338. The minimum Gasteiger partial charge on any atom is -0.469 e. The number of guanidine groups is 1. The second kappa shape index (κ2) is 10.6. The molecule has 0 radical (unpaired) electrons. The quantitative estimate of drug-likeness (QED) is 0.259. The largest absolute Gasteiger partial charge is 0.469 e. The van der Waals surface area contributed by atoms with Crippen LogP contribution in [-0.4, -0.2) is 24.0 Å². The first-order valence-corrected chi connectivity index (χ1v) is 8.43. The fourth-order valence-corrected chi connectivity index (χ4v) is 2.55. The lowest BCUT2D eigenvalue weighted by Crippen LogP contribution is -2.39. The van der Waals surface area contributed by atoms with Crippen LogP contribution in [0.1, 0.15) is 23.4 Å². The third-order valence-corrected chi connectivity index (χ3v) is 3.85. The summed E-state index contributed by atoms with van der Waals surface area (Å²) in [5, 5.41) is 7.48. The highest BCUT2D eigenvalue weighted by molar-refractivity contribution is 14.0. The van der Waals surface area contributed by atoms with Crippen LogP contribution in [0.4, 0.5) is 13.2 Å². The van der Waals surface area contributed by atoms with Crippen LogP contribution in [0.25, 0.3) is 0 Å². The normalized spacial score (nSPS) is 11.8. The van der Waals surface area contributed by atoms with E-state index in [1.165, 1.54) is 0 Å². The molecule has 0 bridgehead atoms. The summed E-state index contributed by atoms with van der Waals surface area (Å²) in [7, 11) is 0. The van der Waals surface area contributed by atoms with Crippen LogP contribution in [-0.2, 0) is 19.1 Å². The fraction of sp³-hybridized carbons (Fsp3) is 0.375. The molecule has 2 aromatic rings. The van der Waals surface area contributed by atoms with Crippen molar-refractivity contribution >= 4 is 41.3 Å². The molecule has 0 saturated heterocycles. The number of hydrogen-bond acceptors (Lipinski definition) is 4.